The molecule has 0 spiro atoms. The Kier molecular flexibility index (Phi) is 3.97. The molecule has 5 nitrogen and oxygen atoms in total. The fourth-order valence-corrected chi connectivity index (χ4v) is 1.99. The number of nitrogens with zero attached hydrogens (tertiary/aromatic N) is 3. The van der Waals surface area contributed by atoms with Crippen LogP contribution in [0.2, 0.25) is 0 Å². The Bertz CT molecular complexity index is 558. The molecule has 0 aliphatic carbocycles. The predicted octanol–water partition coefficient (Wildman–Crippen LogP) is 2.51. The molecule has 1 aromatic carbocycles. The highest BCUT2D eigenvalue weighted by Crippen LogP contribution is 2.14. The summed E-state index contributed by atoms with van der Waals surface area (Å²) >= 11 is 0. The summed E-state index contributed by atoms with van der Waals surface area (Å²) in [6, 6.07) is 10.8. The molecular formula is C14H17N3O2. The van der Waals surface area contributed by atoms with Crippen LogP contribution in [0.4, 0.5) is 5.69 Å². The number of hydrogen-bond donors (Lipinski definition) is 0. The molecule has 5 heteroatoms. The Labute approximate surface area is 112 Å². The molecule has 2 rings (SSSR count). The van der Waals surface area contributed by atoms with Gasteiger partial charge in [0.1, 0.15) is 0 Å². The molecule has 0 radical (unpaired) electrons. The molecule has 1 heterocycles. The van der Waals surface area contributed by atoms with Gasteiger partial charge in [-0.05, 0) is 31.8 Å². The third-order valence-corrected chi connectivity index (χ3v) is 2.90. The third kappa shape index (κ3) is 3.42. The molecule has 0 fully saturated rings. The van der Waals surface area contributed by atoms with E-state index >= 15 is 0 Å². The molecule has 0 aliphatic heterocycles. The minimum Gasteiger partial charge on any atom is -0.346 e. The van der Waals surface area contributed by atoms with Crippen molar-refractivity contribution in [1.29, 1.82) is 0 Å². The lowest BCUT2D eigenvalue weighted by atomic mass is 10.2. The lowest BCUT2D eigenvalue weighted by molar-refractivity contribution is -0.384. The van der Waals surface area contributed by atoms with E-state index in [9.17, 15) is 10.1 Å². The van der Waals surface area contributed by atoms with Gasteiger partial charge in [0.05, 0.1) is 4.92 Å². The van der Waals surface area contributed by atoms with Gasteiger partial charge in [-0.15, -0.1) is 0 Å². The Morgan fingerprint density at radius 2 is 1.89 bits per heavy atom. The van der Waals surface area contributed by atoms with Gasteiger partial charge < -0.3 is 9.47 Å². The fourth-order valence-electron chi connectivity index (χ4n) is 1.99. The van der Waals surface area contributed by atoms with Crippen molar-refractivity contribution in [2.24, 2.45) is 0 Å². The highest BCUT2D eigenvalue weighted by atomic mass is 16.6. The first-order chi connectivity index (χ1) is 9.06. The molecule has 0 amide bonds. The summed E-state index contributed by atoms with van der Waals surface area (Å²) in [4.78, 5) is 12.3. The Balaban J connectivity index is 2.12. The largest absolute Gasteiger partial charge is 0.346 e. The highest BCUT2D eigenvalue weighted by molar-refractivity contribution is 5.33. The second-order valence-corrected chi connectivity index (χ2v) is 4.79. The molecule has 0 saturated heterocycles. The third-order valence-electron chi connectivity index (χ3n) is 2.90. The van der Waals surface area contributed by atoms with Crippen LogP contribution < -0.4 is 0 Å². The number of aromatic nitrogens is 1. The van der Waals surface area contributed by atoms with Gasteiger partial charge in [-0.1, -0.05) is 12.1 Å². The van der Waals surface area contributed by atoms with Gasteiger partial charge in [0.25, 0.3) is 5.69 Å². The molecular weight excluding hydrogens is 242 g/mol. The van der Waals surface area contributed by atoms with E-state index < -0.39 is 0 Å². The van der Waals surface area contributed by atoms with E-state index in [0.717, 1.165) is 18.7 Å². The van der Waals surface area contributed by atoms with E-state index in [1.54, 1.807) is 24.3 Å². The van der Waals surface area contributed by atoms with E-state index in [2.05, 4.69) is 15.5 Å². The quantitative estimate of drug-likeness (QED) is 0.612. The standard InChI is InChI=1S/C14H17N3O2/c1-15(2)11-14-4-3-9-16(14)10-12-5-7-13(8-6-12)17(18)19/h3-9H,10-11H2,1-2H3. The van der Waals surface area contributed by atoms with Crippen molar-refractivity contribution < 1.29 is 4.92 Å². The summed E-state index contributed by atoms with van der Waals surface area (Å²) in [5.41, 5.74) is 2.41. The summed E-state index contributed by atoms with van der Waals surface area (Å²) in [5.74, 6) is 0. The molecule has 0 saturated carbocycles. The van der Waals surface area contributed by atoms with Gasteiger partial charge in [-0.25, -0.2) is 0 Å². The molecule has 100 valence electrons. The predicted molar refractivity (Wildman–Crippen MR) is 74.0 cm³/mol. The number of hydrogen-bond acceptors (Lipinski definition) is 3. The zero-order valence-corrected chi connectivity index (χ0v) is 11.1. The van der Waals surface area contributed by atoms with Crippen LogP contribution in [0.5, 0.6) is 0 Å². The van der Waals surface area contributed by atoms with Gasteiger partial charge in [0.15, 0.2) is 0 Å². The smallest absolute Gasteiger partial charge is 0.269 e. The molecule has 0 N–H and O–H groups in total. The maximum atomic E-state index is 10.6. The molecule has 0 atom stereocenters. The number of nitro benzene ring substituents is 1. The normalized spacial score (nSPS) is 10.9. The number of benzene rings is 1. The molecule has 2 aromatic rings. The minimum atomic E-state index is -0.378. The van der Waals surface area contributed by atoms with Crippen molar-refractivity contribution in [1.82, 2.24) is 9.47 Å². The summed E-state index contributed by atoms with van der Waals surface area (Å²) in [7, 11) is 4.06. The number of rotatable bonds is 5. The van der Waals surface area contributed by atoms with Gasteiger partial charge in [0, 0.05) is 37.1 Å². The molecule has 0 bridgehead atoms. The van der Waals surface area contributed by atoms with Gasteiger partial charge in [-0.3, -0.25) is 10.1 Å². The zero-order chi connectivity index (χ0) is 13.8. The van der Waals surface area contributed by atoms with E-state index in [4.69, 9.17) is 0 Å². The molecule has 0 unspecified atom stereocenters. The molecule has 19 heavy (non-hydrogen) atoms. The van der Waals surface area contributed by atoms with Crippen LogP contribution in [0.15, 0.2) is 42.6 Å². The Hall–Kier alpha value is -2.14. The highest BCUT2D eigenvalue weighted by Gasteiger charge is 2.06. The van der Waals surface area contributed by atoms with E-state index in [-0.39, 0.29) is 10.6 Å². The van der Waals surface area contributed by atoms with Crippen molar-refractivity contribution in [2.45, 2.75) is 13.1 Å². The average molecular weight is 259 g/mol. The zero-order valence-electron chi connectivity index (χ0n) is 11.1. The van der Waals surface area contributed by atoms with E-state index in [1.807, 2.05) is 26.4 Å². The lowest BCUT2D eigenvalue weighted by Crippen LogP contribution is -2.14. The molecule has 0 aliphatic rings. The fraction of sp³-hybridized carbons (Fsp3) is 0.286. The van der Waals surface area contributed by atoms with Crippen LogP contribution in [0.3, 0.4) is 0 Å². The van der Waals surface area contributed by atoms with Gasteiger partial charge >= 0.3 is 0 Å². The average Bonchev–Trinajstić information content (AvgIpc) is 2.76. The molecule has 1 aromatic heterocycles. The summed E-state index contributed by atoms with van der Waals surface area (Å²) in [6.45, 7) is 1.61. The monoisotopic (exact) mass is 259 g/mol. The van der Waals surface area contributed by atoms with Crippen LogP contribution in [0.25, 0.3) is 0 Å². The topological polar surface area (TPSA) is 51.3 Å². The SMILES string of the molecule is CN(C)Cc1cccn1Cc1ccc([N+](=O)[O-])cc1. The second kappa shape index (κ2) is 5.67. The van der Waals surface area contributed by atoms with Crippen LogP contribution in [0.1, 0.15) is 11.3 Å². The summed E-state index contributed by atoms with van der Waals surface area (Å²) in [6.07, 6.45) is 2.03. The van der Waals surface area contributed by atoms with Crippen LogP contribution in [-0.2, 0) is 13.1 Å². The number of non-ortho nitro benzene ring substituents is 1. The lowest BCUT2D eigenvalue weighted by Gasteiger charge is -2.13. The maximum Gasteiger partial charge on any atom is 0.269 e. The van der Waals surface area contributed by atoms with Crippen LogP contribution in [0, 0.1) is 10.1 Å². The van der Waals surface area contributed by atoms with E-state index in [0.29, 0.717) is 0 Å². The summed E-state index contributed by atoms with van der Waals surface area (Å²) < 4.78 is 2.15. The first kappa shape index (κ1) is 13.3. The van der Waals surface area contributed by atoms with Crippen LogP contribution >= 0.6 is 0 Å². The number of nitro groups is 1. The van der Waals surface area contributed by atoms with Crippen molar-refractivity contribution >= 4 is 5.69 Å². The van der Waals surface area contributed by atoms with Crippen molar-refractivity contribution in [3.05, 3.63) is 64.0 Å². The van der Waals surface area contributed by atoms with Crippen molar-refractivity contribution in [3.63, 3.8) is 0 Å². The Morgan fingerprint density at radius 3 is 2.47 bits per heavy atom. The second-order valence-electron chi connectivity index (χ2n) is 4.79. The van der Waals surface area contributed by atoms with E-state index in [1.165, 1.54) is 5.69 Å². The first-order valence-electron chi connectivity index (χ1n) is 6.08. The Morgan fingerprint density at radius 1 is 1.21 bits per heavy atom. The first-order valence-corrected chi connectivity index (χ1v) is 6.08. The van der Waals surface area contributed by atoms with Gasteiger partial charge in [0.2, 0.25) is 0 Å². The van der Waals surface area contributed by atoms with Crippen molar-refractivity contribution in [3.8, 4) is 0 Å². The van der Waals surface area contributed by atoms with Gasteiger partial charge in [-0.2, -0.15) is 0 Å². The maximum absolute atomic E-state index is 10.6. The van der Waals surface area contributed by atoms with Crippen molar-refractivity contribution in [2.75, 3.05) is 14.1 Å². The minimum absolute atomic E-state index is 0.129. The van der Waals surface area contributed by atoms with Crippen LogP contribution in [-0.4, -0.2) is 28.5 Å². The summed E-state index contributed by atoms with van der Waals surface area (Å²) in [5, 5.41) is 10.6.